The first-order chi connectivity index (χ1) is 16.0. The highest BCUT2D eigenvalue weighted by atomic mass is 16.7. The van der Waals surface area contributed by atoms with Gasteiger partial charge in [-0.3, -0.25) is 14.4 Å². The van der Waals surface area contributed by atoms with Crippen LogP contribution >= 0.6 is 0 Å². The van der Waals surface area contributed by atoms with E-state index < -0.39 is 5.91 Å². The van der Waals surface area contributed by atoms with Crippen molar-refractivity contribution < 1.29 is 28.6 Å². The molecule has 2 N–H and O–H groups in total. The Morgan fingerprint density at radius 1 is 0.909 bits per heavy atom. The van der Waals surface area contributed by atoms with Gasteiger partial charge in [-0.25, -0.2) is 0 Å². The Labute approximate surface area is 190 Å². The summed E-state index contributed by atoms with van der Waals surface area (Å²) in [4.78, 5) is 36.9. The number of amides is 2. The zero-order valence-corrected chi connectivity index (χ0v) is 17.9. The summed E-state index contributed by atoms with van der Waals surface area (Å²) < 4.78 is 16.1. The summed E-state index contributed by atoms with van der Waals surface area (Å²) in [5, 5.41) is 5.50. The largest absolute Gasteiger partial charge is 0.484 e. The molecule has 0 aromatic heterocycles. The number of nitrogens with one attached hydrogen (secondary N) is 2. The molecule has 0 saturated heterocycles. The second-order valence-electron chi connectivity index (χ2n) is 7.21. The van der Waals surface area contributed by atoms with Crippen molar-refractivity contribution in [2.75, 3.05) is 24.0 Å². The molecule has 8 heteroatoms. The number of carbonyl (C=O) groups is 3. The van der Waals surface area contributed by atoms with E-state index in [0.29, 0.717) is 46.2 Å². The van der Waals surface area contributed by atoms with Gasteiger partial charge in [0.25, 0.3) is 11.8 Å². The first kappa shape index (κ1) is 21.9. The Bertz CT molecular complexity index is 1190. The Morgan fingerprint density at radius 3 is 2.45 bits per heavy atom. The van der Waals surface area contributed by atoms with Gasteiger partial charge < -0.3 is 24.8 Å². The number of anilines is 2. The van der Waals surface area contributed by atoms with Crippen molar-refractivity contribution in [1.29, 1.82) is 0 Å². The molecule has 0 unspecified atom stereocenters. The number of carbonyl (C=O) groups excluding carboxylic acids is 3. The van der Waals surface area contributed by atoms with Gasteiger partial charge >= 0.3 is 0 Å². The second kappa shape index (κ2) is 9.86. The second-order valence-corrected chi connectivity index (χ2v) is 7.21. The Balaban J connectivity index is 1.37. The van der Waals surface area contributed by atoms with Crippen molar-refractivity contribution >= 4 is 29.0 Å². The molecule has 1 heterocycles. The Kier molecular flexibility index (Phi) is 6.54. The zero-order valence-electron chi connectivity index (χ0n) is 17.9. The molecule has 8 nitrogen and oxygen atoms in total. The SMILES string of the molecule is CCC(=O)c1ccc(OCC(=O)Nc2ccccc2C(=O)Nc2ccc3c(c2)OCO3)cc1. The quantitative estimate of drug-likeness (QED) is 0.501. The normalized spacial score (nSPS) is 11.5. The summed E-state index contributed by atoms with van der Waals surface area (Å²) in [7, 11) is 0. The van der Waals surface area contributed by atoms with Gasteiger partial charge in [-0.1, -0.05) is 19.1 Å². The van der Waals surface area contributed by atoms with E-state index in [9.17, 15) is 14.4 Å². The van der Waals surface area contributed by atoms with E-state index in [1.807, 2.05) is 0 Å². The van der Waals surface area contributed by atoms with Crippen LogP contribution < -0.4 is 24.8 Å². The fourth-order valence-corrected chi connectivity index (χ4v) is 3.24. The van der Waals surface area contributed by atoms with Crippen LogP contribution in [0.1, 0.15) is 34.1 Å². The number of ketones is 1. The van der Waals surface area contributed by atoms with Crippen LogP contribution in [0.2, 0.25) is 0 Å². The number of benzene rings is 3. The zero-order chi connectivity index (χ0) is 23.2. The first-order valence-corrected chi connectivity index (χ1v) is 10.4. The monoisotopic (exact) mass is 446 g/mol. The van der Waals surface area contributed by atoms with Gasteiger partial charge in [-0.15, -0.1) is 0 Å². The minimum atomic E-state index is -0.424. The molecule has 1 aliphatic rings. The van der Waals surface area contributed by atoms with Crippen molar-refractivity contribution in [3.63, 3.8) is 0 Å². The van der Waals surface area contributed by atoms with Crippen LogP contribution in [0.4, 0.5) is 11.4 Å². The highest BCUT2D eigenvalue weighted by molar-refractivity contribution is 6.10. The highest BCUT2D eigenvalue weighted by Crippen LogP contribution is 2.34. The Morgan fingerprint density at radius 2 is 1.67 bits per heavy atom. The predicted octanol–water partition coefficient (Wildman–Crippen LogP) is 4.28. The van der Waals surface area contributed by atoms with Gasteiger partial charge in [0.05, 0.1) is 11.3 Å². The molecule has 4 rings (SSSR count). The highest BCUT2D eigenvalue weighted by Gasteiger charge is 2.17. The predicted molar refractivity (Wildman–Crippen MR) is 122 cm³/mol. The van der Waals surface area contributed by atoms with Crippen LogP contribution in [0.25, 0.3) is 0 Å². The molecule has 168 valence electrons. The fourth-order valence-electron chi connectivity index (χ4n) is 3.24. The number of fused-ring (bicyclic) bond motifs is 1. The summed E-state index contributed by atoms with van der Waals surface area (Å²) in [6, 6.07) is 18.4. The van der Waals surface area contributed by atoms with E-state index in [1.54, 1.807) is 73.7 Å². The van der Waals surface area contributed by atoms with Crippen LogP contribution in [0.15, 0.2) is 66.7 Å². The third-order valence-corrected chi connectivity index (χ3v) is 4.94. The first-order valence-electron chi connectivity index (χ1n) is 10.4. The summed E-state index contributed by atoms with van der Waals surface area (Å²) in [6.45, 7) is 1.69. The summed E-state index contributed by atoms with van der Waals surface area (Å²) in [6.07, 6.45) is 0.421. The lowest BCUT2D eigenvalue weighted by molar-refractivity contribution is -0.118. The number of para-hydroxylation sites is 1. The minimum Gasteiger partial charge on any atom is -0.484 e. The molecular weight excluding hydrogens is 424 g/mol. The lowest BCUT2D eigenvalue weighted by Gasteiger charge is -2.12. The summed E-state index contributed by atoms with van der Waals surface area (Å²) in [5.41, 5.74) is 1.79. The molecule has 3 aromatic rings. The third-order valence-electron chi connectivity index (χ3n) is 4.94. The minimum absolute atomic E-state index is 0.0370. The molecule has 2 amide bonds. The number of rotatable bonds is 8. The van der Waals surface area contributed by atoms with Crippen molar-refractivity contribution in [2.24, 2.45) is 0 Å². The van der Waals surface area contributed by atoms with Crippen molar-refractivity contribution in [2.45, 2.75) is 13.3 Å². The van der Waals surface area contributed by atoms with Crippen LogP contribution in [-0.4, -0.2) is 31.0 Å². The topological polar surface area (TPSA) is 103 Å². The summed E-state index contributed by atoms with van der Waals surface area (Å²) in [5.74, 6) is 0.862. The Hall–Kier alpha value is -4.33. The number of hydrogen-bond donors (Lipinski definition) is 2. The van der Waals surface area contributed by atoms with Gasteiger partial charge in [0.1, 0.15) is 5.75 Å². The van der Waals surface area contributed by atoms with E-state index in [-0.39, 0.29) is 25.1 Å². The molecule has 0 atom stereocenters. The molecule has 0 spiro atoms. The van der Waals surface area contributed by atoms with E-state index in [1.165, 1.54) is 0 Å². The number of ether oxygens (including phenoxy) is 3. The molecule has 0 fully saturated rings. The van der Waals surface area contributed by atoms with Crippen molar-refractivity contribution in [3.8, 4) is 17.2 Å². The average molecular weight is 446 g/mol. The van der Waals surface area contributed by atoms with E-state index in [2.05, 4.69) is 10.6 Å². The molecular formula is C25H22N2O6. The molecule has 0 radical (unpaired) electrons. The third kappa shape index (κ3) is 5.30. The smallest absolute Gasteiger partial charge is 0.262 e. The van der Waals surface area contributed by atoms with Crippen molar-refractivity contribution in [1.82, 2.24) is 0 Å². The lowest BCUT2D eigenvalue weighted by Crippen LogP contribution is -2.22. The van der Waals surface area contributed by atoms with Gasteiger partial charge in [-0.05, 0) is 48.5 Å². The lowest BCUT2D eigenvalue weighted by atomic mass is 10.1. The molecule has 1 aliphatic heterocycles. The van der Waals surface area contributed by atoms with Crippen LogP contribution in [0.3, 0.4) is 0 Å². The van der Waals surface area contributed by atoms with Crippen LogP contribution in [0.5, 0.6) is 17.2 Å². The van der Waals surface area contributed by atoms with Crippen LogP contribution in [0, 0.1) is 0 Å². The van der Waals surface area contributed by atoms with E-state index >= 15 is 0 Å². The maximum atomic E-state index is 12.8. The maximum absolute atomic E-state index is 12.8. The van der Waals surface area contributed by atoms with E-state index in [4.69, 9.17) is 14.2 Å². The average Bonchev–Trinajstić information content (AvgIpc) is 3.31. The van der Waals surface area contributed by atoms with E-state index in [0.717, 1.165) is 0 Å². The molecule has 0 aliphatic carbocycles. The van der Waals surface area contributed by atoms with Crippen molar-refractivity contribution in [3.05, 3.63) is 77.9 Å². The molecule has 33 heavy (non-hydrogen) atoms. The fraction of sp³-hybridized carbons (Fsp3) is 0.160. The molecule has 0 bridgehead atoms. The van der Waals surface area contributed by atoms with Gasteiger partial charge in [-0.2, -0.15) is 0 Å². The summed E-state index contributed by atoms with van der Waals surface area (Å²) >= 11 is 0. The molecule has 0 saturated carbocycles. The number of hydrogen-bond acceptors (Lipinski definition) is 6. The molecule has 3 aromatic carbocycles. The van der Waals surface area contributed by atoms with Gasteiger partial charge in [0.2, 0.25) is 6.79 Å². The standard InChI is InChI=1S/C25H22N2O6/c1-2-21(28)16-7-10-18(11-8-16)31-14-24(29)27-20-6-4-3-5-19(20)25(30)26-17-9-12-22-23(13-17)33-15-32-22/h3-13H,2,14-15H2,1H3,(H,26,30)(H,27,29). The van der Waals surface area contributed by atoms with Crippen LogP contribution in [-0.2, 0) is 4.79 Å². The van der Waals surface area contributed by atoms with Gasteiger partial charge in [0.15, 0.2) is 23.9 Å². The number of Topliss-reactive ketones (excluding diaryl/α,β-unsaturated/α-hetero) is 1. The van der Waals surface area contributed by atoms with Gasteiger partial charge in [0, 0.05) is 23.7 Å². The maximum Gasteiger partial charge on any atom is 0.262 e.